The van der Waals surface area contributed by atoms with Crippen LogP contribution in [0.2, 0.25) is 0 Å². The van der Waals surface area contributed by atoms with E-state index >= 15 is 0 Å². The van der Waals surface area contributed by atoms with Crippen LogP contribution in [0.1, 0.15) is 29.5 Å². The average molecular weight is 474 g/mol. The fraction of sp³-hybridized carbons (Fsp3) is 0.0556. The monoisotopic (exact) mass is 473 g/mol. The molecule has 0 saturated heterocycles. The number of aromatic nitrogens is 1. The molecule has 7 rings (SSSR count). The third-order valence-electron chi connectivity index (χ3n) is 7.78. The van der Waals surface area contributed by atoms with Gasteiger partial charge in [-0.25, -0.2) is 0 Å². The van der Waals surface area contributed by atoms with Crippen molar-refractivity contribution in [1.29, 1.82) is 0 Å². The third-order valence-corrected chi connectivity index (χ3v) is 7.78. The lowest BCUT2D eigenvalue weighted by atomic mass is 9.87. The molecule has 1 atom stereocenters. The Kier molecular flexibility index (Phi) is 4.97. The van der Waals surface area contributed by atoms with Crippen LogP contribution in [-0.2, 0) is 0 Å². The summed E-state index contributed by atoms with van der Waals surface area (Å²) in [6.45, 7) is 6.03. The molecule has 1 heteroatoms. The van der Waals surface area contributed by atoms with Gasteiger partial charge < -0.3 is 4.57 Å². The molecule has 37 heavy (non-hydrogen) atoms. The molecule has 0 N–H and O–H groups in total. The first-order valence-electron chi connectivity index (χ1n) is 12.9. The molecule has 0 saturated carbocycles. The van der Waals surface area contributed by atoms with Crippen molar-refractivity contribution < 1.29 is 0 Å². The van der Waals surface area contributed by atoms with Crippen LogP contribution in [0.4, 0.5) is 0 Å². The lowest BCUT2D eigenvalue weighted by molar-refractivity contribution is 1.03. The number of rotatable bonds is 4. The van der Waals surface area contributed by atoms with E-state index in [2.05, 4.69) is 133 Å². The molecular weight excluding hydrogens is 446 g/mol. The van der Waals surface area contributed by atoms with E-state index in [1.54, 1.807) is 0 Å². The maximum absolute atomic E-state index is 3.83. The second-order valence-electron chi connectivity index (χ2n) is 9.80. The van der Waals surface area contributed by atoms with E-state index in [0.717, 1.165) is 0 Å². The Morgan fingerprint density at radius 3 is 2.38 bits per heavy atom. The van der Waals surface area contributed by atoms with Crippen LogP contribution in [-0.4, -0.2) is 4.57 Å². The van der Waals surface area contributed by atoms with Crippen molar-refractivity contribution in [2.24, 2.45) is 0 Å². The Labute approximate surface area is 217 Å². The number of hydrogen-bond acceptors (Lipinski definition) is 0. The Balaban J connectivity index is 1.67. The summed E-state index contributed by atoms with van der Waals surface area (Å²) < 4.78 is 2.45. The van der Waals surface area contributed by atoms with Gasteiger partial charge in [0, 0.05) is 27.8 Å². The van der Waals surface area contributed by atoms with Crippen LogP contribution >= 0.6 is 0 Å². The molecule has 0 aliphatic heterocycles. The van der Waals surface area contributed by atoms with Crippen LogP contribution in [0.25, 0.3) is 49.4 Å². The van der Waals surface area contributed by atoms with Gasteiger partial charge in [-0.05, 0) is 52.3 Å². The summed E-state index contributed by atoms with van der Waals surface area (Å²) in [5.41, 5.74) is 10.5. The Bertz CT molecular complexity index is 1900. The second kappa shape index (κ2) is 8.50. The first kappa shape index (κ1) is 21.6. The van der Waals surface area contributed by atoms with Crippen LogP contribution in [0.5, 0.6) is 0 Å². The lowest BCUT2D eigenvalue weighted by Crippen LogP contribution is -2.00. The van der Waals surface area contributed by atoms with E-state index in [0.29, 0.717) is 0 Å². The Morgan fingerprint density at radius 2 is 1.51 bits per heavy atom. The van der Waals surface area contributed by atoms with E-state index in [9.17, 15) is 0 Å². The maximum atomic E-state index is 3.83. The molecule has 0 radical (unpaired) electrons. The van der Waals surface area contributed by atoms with E-state index in [4.69, 9.17) is 0 Å². The first-order valence-corrected chi connectivity index (χ1v) is 12.9. The van der Waals surface area contributed by atoms with Gasteiger partial charge in [0.2, 0.25) is 0 Å². The molecule has 0 bridgehead atoms. The normalized spacial score (nSPS) is 15.1. The molecule has 1 heterocycles. The first-order chi connectivity index (χ1) is 18.3. The highest BCUT2D eigenvalue weighted by atomic mass is 15.0. The number of nitrogens with zero attached hydrogens (tertiary/aromatic N) is 1. The van der Waals surface area contributed by atoms with E-state index in [1.807, 2.05) is 12.2 Å². The molecule has 0 fully saturated rings. The van der Waals surface area contributed by atoms with Gasteiger partial charge in [-0.3, -0.25) is 0 Å². The lowest BCUT2D eigenvalue weighted by Gasteiger charge is -2.16. The third kappa shape index (κ3) is 3.17. The van der Waals surface area contributed by atoms with Crippen molar-refractivity contribution in [2.75, 3.05) is 0 Å². The molecule has 1 aromatic heterocycles. The quantitative estimate of drug-likeness (QED) is 0.224. The molecule has 0 spiro atoms. The van der Waals surface area contributed by atoms with Crippen molar-refractivity contribution in [3.05, 3.63) is 151 Å². The van der Waals surface area contributed by atoms with Crippen LogP contribution in [0, 0.1) is 0 Å². The second-order valence-corrected chi connectivity index (χ2v) is 9.80. The van der Waals surface area contributed by atoms with Gasteiger partial charge in [-0.2, -0.15) is 0 Å². The molecule has 0 amide bonds. The molecule has 5 aromatic carbocycles. The van der Waals surface area contributed by atoms with Gasteiger partial charge in [0.25, 0.3) is 0 Å². The number of benzene rings is 5. The van der Waals surface area contributed by atoms with E-state index in [-0.39, 0.29) is 5.92 Å². The predicted octanol–water partition coefficient (Wildman–Crippen LogP) is 9.71. The molecule has 1 aliphatic carbocycles. The molecule has 1 aliphatic rings. The largest absolute Gasteiger partial charge is 0.313 e. The van der Waals surface area contributed by atoms with Crippen LogP contribution in [0.3, 0.4) is 0 Å². The topological polar surface area (TPSA) is 4.93 Å². The van der Waals surface area contributed by atoms with Crippen molar-refractivity contribution in [2.45, 2.75) is 12.8 Å². The summed E-state index contributed by atoms with van der Waals surface area (Å²) in [5.74, 6) is 0.201. The molecule has 176 valence electrons. The minimum atomic E-state index is 0.201. The maximum Gasteiger partial charge on any atom is 0.0616 e. The zero-order valence-electron chi connectivity index (χ0n) is 20.9. The van der Waals surface area contributed by atoms with Crippen molar-refractivity contribution in [3.8, 4) is 11.1 Å². The van der Waals surface area contributed by atoms with Gasteiger partial charge in [-0.15, -0.1) is 0 Å². The number of allylic oxidation sites excluding steroid dienone is 5. The van der Waals surface area contributed by atoms with Crippen LogP contribution < -0.4 is 0 Å². The zero-order valence-corrected chi connectivity index (χ0v) is 20.9. The van der Waals surface area contributed by atoms with Crippen molar-refractivity contribution >= 4 is 38.3 Å². The fourth-order valence-electron chi connectivity index (χ4n) is 6.29. The average Bonchev–Trinajstić information content (AvgIpc) is 3.47. The minimum Gasteiger partial charge on any atom is -0.313 e. The minimum absolute atomic E-state index is 0.201. The standard InChI is InChI=1S/C36H27N/c1-3-4-6-13-24(2)37-32-23-22-30-28-18-11-12-19-29(28)33(26-15-7-5-8-16-26)35(30)34(32)31-21-20-25-14-9-10-17-27(25)36(31)37/h3-23,33H,1H2,2H3/b6-4-,24-13+. The summed E-state index contributed by atoms with van der Waals surface area (Å²) in [5, 5.41) is 5.19. The summed E-state index contributed by atoms with van der Waals surface area (Å²) in [6.07, 6.45) is 8.05. The van der Waals surface area contributed by atoms with Crippen molar-refractivity contribution in [3.63, 3.8) is 0 Å². The number of hydrogen-bond donors (Lipinski definition) is 0. The fourth-order valence-corrected chi connectivity index (χ4v) is 6.29. The highest BCUT2D eigenvalue weighted by molar-refractivity contribution is 6.21. The molecule has 1 nitrogen and oxygen atoms in total. The van der Waals surface area contributed by atoms with Crippen LogP contribution in [0.15, 0.2) is 134 Å². The predicted molar refractivity (Wildman–Crippen MR) is 159 cm³/mol. The highest BCUT2D eigenvalue weighted by Crippen LogP contribution is 2.53. The van der Waals surface area contributed by atoms with Gasteiger partial charge in [0.05, 0.1) is 11.0 Å². The summed E-state index contributed by atoms with van der Waals surface area (Å²) in [7, 11) is 0. The summed E-state index contributed by atoms with van der Waals surface area (Å²) in [6, 6.07) is 37.9. The SMILES string of the molecule is C=C/C=C\C=C(/C)n1c2ccc3c(c2c2ccc4ccccc4c21)C(c1ccccc1)c1ccccc1-3. The van der Waals surface area contributed by atoms with Gasteiger partial charge in [-0.1, -0.05) is 122 Å². The number of fused-ring (bicyclic) bond motifs is 9. The molecular formula is C36H27N. The Hall–Kier alpha value is -4.62. The summed E-state index contributed by atoms with van der Waals surface area (Å²) >= 11 is 0. The van der Waals surface area contributed by atoms with Gasteiger partial charge in [0.15, 0.2) is 0 Å². The summed E-state index contributed by atoms with van der Waals surface area (Å²) in [4.78, 5) is 0. The highest BCUT2D eigenvalue weighted by Gasteiger charge is 2.33. The van der Waals surface area contributed by atoms with Crippen molar-refractivity contribution in [1.82, 2.24) is 4.57 Å². The Morgan fingerprint density at radius 1 is 0.730 bits per heavy atom. The molecule has 1 unspecified atom stereocenters. The van der Waals surface area contributed by atoms with E-state index in [1.165, 1.54) is 66.1 Å². The molecule has 6 aromatic rings. The van der Waals surface area contributed by atoms with Gasteiger partial charge >= 0.3 is 0 Å². The zero-order chi connectivity index (χ0) is 24.9. The van der Waals surface area contributed by atoms with Gasteiger partial charge in [0.1, 0.15) is 0 Å². The smallest absolute Gasteiger partial charge is 0.0616 e. The van der Waals surface area contributed by atoms with E-state index < -0.39 is 0 Å².